The van der Waals surface area contributed by atoms with Crippen LogP contribution in [0.15, 0.2) is 17.0 Å². The van der Waals surface area contributed by atoms with Gasteiger partial charge in [-0.15, -0.1) is 0 Å². The zero-order chi connectivity index (χ0) is 17.9. The number of carbonyl (C=O) groups excluding carboxylic acids is 1. The molecule has 1 aromatic carbocycles. The number of nitrogens with one attached hydrogen (secondary N) is 1. The minimum Gasteiger partial charge on any atom is -0.338 e. The molecule has 6 nitrogen and oxygen atoms in total. The van der Waals surface area contributed by atoms with E-state index in [0.29, 0.717) is 37.6 Å². The highest BCUT2D eigenvalue weighted by atomic mass is 32.2. The molecule has 1 aromatic rings. The first kappa shape index (κ1) is 18.7. The fraction of sp³-hybridized carbons (Fsp3) is 0.588. The van der Waals surface area contributed by atoms with E-state index in [0.717, 1.165) is 23.1 Å². The first-order valence-electron chi connectivity index (χ1n) is 8.38. The summed E-state index contributed by atoms with van der Waals surface area (Å²) in [5.41, 5.74) is 2.82. The number of aryl methyl sites for hydroxylation is 3. The lowest BCUT2D eigenvalue weighted by Crippen LogP contribution is -2.53. The number of amides is 2. The largest absolute Gasteiger partial charge is 0.338 e. The first-order chi connectivity index (χ1) is 11.3. The molecule has 1 saturated heterocycles. The van der Waals surface area contributed by atoms with Gasteiger partial charge in [0.25, 0.3) is 0 Å². The number of sulfonamides is 1. The van der Waals surface area contributed by atoms with Crippen molar-refractivity contribution in [3.63, 3.8) is 0 Å². The van der Waals surface area contributed by atoms with Crippen LogP contribution in [0.25, 0.3) is 0 Å². The summed E-state index contributed by atoms with van der Waals surface area (Å²) < 4.78 is 27.3. The number of rotatable bonds is 4. The number of urea groups is 1. The molecule has 134 valence electrons. The zero-order valence-electron chi connectivity index (χ0n) is 14.9. The van der Waals surface area contributed by atoms with Crippen molar-refractivity contribution in [1.82, 2.24) is 14.5 Å². The molecule has 0 bridgehead atoms. The smallest absolute Gasteiger partial charge is 0.317 e. The predicted octanol–water partition coefficient (Wildman–Crippen LogP) is 2.04. The van der Waals surface area contributed by atoms with Gasteiger partial charge in [0.1, 0.15) is 0 Å². The molecule has 24 heavy (non-hydrogen) atoms. The van der Waals surface area contributed by atoms with E-state index in [1.807, 2.05) is 33.8 Å². The second-order valence-corrected chi connectivity index (χ2v) is 8.23. The minimum absolute atomic E-state index is 0.115. The summed E-state index contributed by atoms with van der Waals surface area (Å²) in [4.78, 5) is 14.0. The van der Waals surface area contributed by atoms with Gasteiger partial charge in [-0.25, -0.2) is 13.2 Å². The molecular formula is C17H27N3O3S. The van der Waals surface area contributed by atoms with Crippen molar-refractivity contribution in [1.29, 1.82) is 0 Å². The van der Waals surface area contributed by atoms with Gasteiger partial charge in [-0.2, -0.15) is 4.31 Å². The Labute approximate surface area is 144 Å². The van der Waals surface area contributed by atoms with Crippen molar-refractivity contribution in [3.05, 3.63) is 28.8 Å². The minimum atomic E-state index is -3.52. The van der Waals surface area contributed by atoms with Crippen LogP contribution in [-0.4, -0.2) is 56.4 Å². The van der Waals surface area contributed by atoms with Crippen LogP contribution in [0.2, 0.25) is 0 Å². The predicted molar refractivity (Wildman–Crippen MR) is 94.7 cm³/mol. The van der Waals surface area contributed by atoms with Crippen molar-refractivity contribution >= 4 is 16.1 Å². The lowest BCUT2D eigenvalue weighted by Gasteiger charge is -2.34. The van der Waals surface area contributed by atoms with E-state index >= 15 is 0 Å². The van der Waals surface area contributed by atoms with Gasteiger partial charge in [0.15, 0.2) is 0 Å². The highest BCUT2D eigenvalue weighted by Crippen LogP contribution is 2.24. The van der Waals surface area contributed by atoms with E-state index < -0.39 is 10.0 Å². The van der Waals surface area contributed by atoms with Crippen LogP contribution >= 0.6 is 0 Å². The molecular weight excluding hydrogens is 326 g/mol. The standard InChI is InChI=1S/C17H27N3O3S/c1-5-6-18-17(21)19-7-9-20(10-8-19)24(22,23)16-12-14(3)13(2)11-15(16)4/h11-12H,5-10H2,1-4H3,(H,18,21). The Bertz CT molecular complexity index is 708. The molecule has 0 aliphatic carbocycles. The van der Waals surface area contributed by atoms with Crippen LogP contribution < -0.4 is 5.32 Å². The number of hydrogen-bond acceptors (Lipinski definition) is 3. The third-order valence-corrected chi connectivity index (χ3v) is 6.50. The molecule has 1 N–H and O–H groups in total. The van der Waals surface area contributed by atoms with Crippen LogP contribution in [0.3, 0.4) is 0 Å². The molecule has 1 aliphatic heterocycles. The van der Waals surface area contributed by atoms with Crippen molar-refractivity contribution < 1.29 is 13.2 Å². The SMILES string of the molecule is CCCNC(=O)N1CCN(S(=O)(=O)c2cc(C)c(C)cc2C)CC1. The van der Waals surface area contributed by atoms with Crippen molar-refractivity contribution in [2.45, 2.75) is 39.0 Å². The van der Waals surface area contributed by atoms with Crippen LogP contribution in [0.1, 0.15) is 30.0 Å². The second-order valence-electron chi connectivity index (χ2n) is 6.33. The van der Waals surface area contributed by atoms with Gasteiger partial charge in [-0.05, 0) is 49.9 Å². The highest BCUT2D eigenvalue weighted by molar-refractivity contribution is 7.89. The van der Waals surface area contributed by atoms with E-state index in [-0.39, 0.29) is 6.03 Å². The normalized spacial score (nSPS) is 16.2. The van der Waals surface area contributed by atoms with E-state index in [4.69, 9.17) is 0 Å². The summed E-state index contributed by atoms with van der Waals surface area (Å²) in [5.74, 6) is 0. The van der Waals surface area contributed by atoms with Crippen LogP contribution in [0.4, 0.5) is 4.79 Å². The first-order valence-corrected chi connectivity index (χ1v) is 9.82. The third kappa shape index (κ3) is 3.89. The van der Waals surface area contributed by atoms with Crippen LogP contribution in [0.5, 0.6) is 0 Å². The molecule has 7 heteroatoms. The Hall–Kier alpha value is -1.60. The highest BCUT2D eigenvalue weighted by Gasteiger charge is 2.31. The Morgan fingerprint density at radius 1 is 1.04 bits per heavy atom. The number of benzene rings is 1. The lowest BCUT2D eigenvalue weighted by molar-refractivity contribution is 0.172. The Kier molecular flexibility index (Phi) is 5.87. The quantitative estimate of drug-likeness (QED) is 0.900. The monoisotopic (exact) mass is 353 g/mol. The average molecular weight is 353 g/mol. The summed E-state index contributed by atoms with van der Waals surface area (Å²) >= 11 is 0. The number of nitrogens with zero attached hydrogens (tertiary/aromatic N) is 2. The molecule has 1 aliphatic rings. The van der Waals surface area contributed by atoms with Crippen LogP contribution in [0, 0.1) is 20.8 Å². The number of carbonyl (C=O) groups is 1. The molecule has 0 saturated carbocycles. The summed E-state index contributed by atoms with van der Waals surface area (Å²) in [6.07, 6.45) is 0.881. The Morgan fingerprint density at radius 2 is 1.62 bits per heavy atom. The molecule has 2 amide bonds. The molecule has 2 rings (SSSR count). The van der Waals surface area contributed by atoms with Crippen molar-refractivity contribution in [3.8, 4) is 0 Å². The van der Waals surface area contributed by atoms with Crippen LogP contribution in [-0.2, 0) is 10.0 Å². The molecule has 1 heterocycles. The molecule has 1 fully saturated rings. The van der Waals surface area contributed by atoms with Gasteiger partial charge in [-0.1, -0.05) is 13.0 Å². The fourth-order valence-corrected chi connectivity index (χ4v) is 4.54. The second kappa shape index (κ2) is 7.53. The number of hydrogen-bond donors (Lipinski definition) is 1. The maximum atomic E-state index is 12.9. The molecule has 0 radical (unpaired) electrons. The van der Waals surface area contributed by atoms with Gasteiger partial charge in [0.2, 0.25) is 10.0 Å². The average Bonchev–Trinajstić information content (AvgIpc) is 2.55. The number of piperazine rings is 1. The molecule has 0 spiro atoms. The van der Waals surface area contributed by atoms with E-state index in [9.17, 15) is 13.2 Å². The van der Waals surface area contributed by atoms with E-state index in [1.165, 1.54) is 4.31 Å². The van der Waals surface area contributed by atoms with Gasteiger partial charge in [0.05, 0.1) is 4.90 Å². The van der Waals surface area contributed by atoms with Gasteiger partial charge < -0.3 is 10.2 Å². The van der Waals surface area contributed by atoms with E-state index in [2.05, 4.69) is 5.32 Å². The summed E-state index contributed by atoms with van der Waals surface area (Å²) in [6.45, 7) is 9.85. The molecule has 0 aromatic heterocycles. The van der Waals surface area contributed by atoms with Crippen molar-refractivity contribution in [2.24, 2.45) is 0 Å². The summed E-state index contributed by atoms with van der Waals surface area (Å²) in [6, 6.07) is 3.55. The maximum absolute atomic E-state index is 12.9. The van der Waals surface area contributed by atoms with Crippen molar-refractivity contribution in [2.75, 3.05) is 32.7 Å². The van der Waals surface area contributed by atoms with Gasteiger partial charge >= 0.3 is 6.03 Å². The molecule has 0 atom stereocenters. The topological polar surface area (TPSA) is 69.7 Å². The molecule has 0 unspecified atom stereocenters. The fourth-order valence-electron chi connectivity index (χ4n) is 2.83. The lowest BCUT2D eigenvalue weighted by atomic mass is 10.1. The summed E-state index contributed by atoms with van der Waals surface area (Å²) in [5, 5.41) is 2.83. The van der Waals surface area contributed by atoms with E-state index in [1.54, 1.807) is 11.0 Å². The maximum Gasteiger partial charge on any atom is 0.317 e. The third-order valence-electron chi connectivity index (χ3n) is 4.46. The zero-order valence-corrected chi connectivity index (χ0v) is 15.7. The van der Waals surface area contributed by atoms with Gasteiger partial charge in [0, 0.05) is 32.7 Å². The summed E-state index contributed by atoms with van der Waals surface area (Å²) in [7, 11) is -3.52. The Balaban J connectivity index is 2.10. The Morgan fingerprint density at radius 3 is 2.21 bits per heavy atom. The van der Waals surface area contributed by atoms with Gasteiger partial charge in [-0.3, -0.25) is 0 Å².